The number of sulfone groups is 1. The molecule has 3 rings (SSSR count). The molecule has 0 spiro atoms. The molecular weight excluding hydrogens is 278 g/mol. The van der Waals surface area contributed by atoms with Crippen LogP contribution in [0.1, 0.15) is 24.9 Å². The third-order valence-electron chi connectivity index (χ3n) is 3.74. The number of ether oxygens (including phenoxy) is 2. The highest BCUT2D eigenvalue weighted by molar-refractivity contribution is 7.91. The first kappa shape index (κ1) is 13.7. The first-order chi connectivity index (χ1) is 9.53. The van der Waals surface area contributed by atoms with Gasteiger partial charge in [0, 0.05) is 12.1 Å². The summed E-state index contributed by atoms with van der Waals surface area (Å²) in [6, 6.07) is 5.66. The molecule has 2 unspecified atom stereocenters. The predicted octanol–water partition coefficient (Wildman–Crippen LogP) is 1.30. The van der Waals surface area contributed by atoms with Gasteiger partial charge in [0.1, 0.15) is 13.2 Å². The zero-order valence-corrected chi connectivity index (χ0v) is 12.3. The Morgan fingerprint density at radius 3 is 2.75 bits per heavy atom. The fourth-order valence-electron chi connectivity index (χ4n) is 2.64. The molecule has 20 heavy (non-hydrogen) atoms. The molecule has 0 aliphatic carbocycles. The minimum absolute atomic E-state index is 0.136. The third kappa shape index (κ3) is 2.91. The van der Waals surface area contributed by atoms with E-state index in [1.54, 1.807) is 0 Å². The Labute approximate surface area is 119 Å². The maximum atomic E-state index is 12.0. The van der Waals surface area contributed by atoms with Gasteiger partial charge in [-0.15, -0.1) is 0 Å². The highest BCUT2D eigenvalue weighted by Gasteiger charge is 2.27. The normalized spacial score (nSPS) is 28.6. The molecule has 2 atom stereocenters. The summed E-state index contributed by atoms with van der Waals surface area (Å²) < 4.78 is 35.0. The summed E-state index contributed by atoms with van der Waals surface area (Å²) in [7, 11) is -3.01. The molecule has 2 heterocycles. The van der Waals surface area contributed by atoms with Gasteiger partial charge in [0.25, 0.3) is 0 Å². The molecule has 6 heteroatoms. The van der Waals surface area contributed by atoms with Crippen molar-refractivity contribution in [1.82, 2.24) is 5.32 Å². The van der Waals surface area contributed by atoms with Gasteiger partial charge in [-0.2, -0.15) is 0 Å². The number of rotatable bonds is 1. The van der Waals surface area contributed by atoms with Gasteiger partial charge in [0.2, 0.25) is 0 Å². The summed E-state index contributed by atoms with van der Waals surface area (Å²) in [4.78, 5) is 0. The standard InChI is InChI=1S/C14H19NO4S/c1-10-4-7-20(16,17)9-12(15-10)11-2-3-13-14(8-11)19-6-5-18-13/h2-3,8,10,12,15H,4-7,9H2,1H3. The fraction of sp³-hybridized carbons (Fsp3) is 0.571. The molecule has 2 aliphatic rings. The van der Waals surface area contributed by atoms with Crippen LogP contribution in [0.25, 0.3) is 0 Å². The molecule has 2 aliphatic heterocycles. The van der Waals surface area contributed by atoms with Crippen LogP contribution in [0.3, 0.4) is 0 Å². The van der Waals surface area contributed by atoms with Gasteiger partial charge in [-0.1, -0.05) is 6.07 Å². The van der Waals surface area contributed by atoms with Crippen LogP contribution in [0.4, 0.5) is 0 Å². The number of hydrogen-bond donors (Lipinski definition) is 1. The first-order valence-electron chi connectivity index (χ1n) is 6.89. The average molecular weight is 297 g/mol. The highest BCUT2D eigenvalue weighted by Crippen LogP contribution is 2.33. The molecule has 0 aromatic heterocycles. The molecular formula is C14H19NO4S. The molecule has 1 aromatic carbocycles. The topological polar surface area (TPSA) is 64.6 Å². The second-order valence-electron chi connectivity index (χ2n) is 5.43. The molecule has 1 saturated heterocycles. The lowest BCUT2D eigenvalue weighted by Crippen LogP contribution is -2.31. The van der Waals surface area contributed by atoms with E-state index in [-0.39, 0.29) is 23.6 Å². The van der Waals surface area contributed by atoms with Gasteiger partial charge in [0.15, 0.2) is 21.3 Å². The number of fused-ring (bicyclic) bond motifs is 1. The van der Waals surface area contributed by atoms with Crippen molar-refractivity contribution in [2.24, 2.45) is 0 Å². The van der Waals surface area contributed by atoms with E-state index in [1.165, 1.54) is 0 Å². The Morgan fingerprint density at radius 1 is 1.20 bits per heavy atom. The minimum atomic E-state index is -3.01. The van der Waals surface area contributed by atoms with E-state index in [1.807, 2.05) is 25.1 Å². The van der Waals surface area contributed by atoms with Crippen molar-refractivity contribution in [3.8, 4) is 11.5 Å². The molecule has 0 saturated carbocycles. The molecule has 110 valence electrons. The van der Waals surface area contributed by atoms with E-state index in [0.29, 0.717) is 25.4 Å². The summed E-state index contributed by atoms with van der Waals surface area (Å²) in [5.74, 6) is 1.81. The molecule has 1 aromatic rings. The lowest BCUT2D eigenvalue weighted by molar-refractivity contribution is 0.171. The average Bonchev–Trinajstić information content (AvgIpc) is 2.57. The molecule has 0 bridgehead atoms. The fourth-order valence-corrected chi connectivity index (χ4v) is 4.31. The van der Waals surface area contributed by atoms with Crippen LogP contribution in [0.15, 0.2) is 18.2 Å². The van der Waals surface area contributed by atoms with Crippen molar-refractivity contribution in [3.05, 3.63) is 23.8 Å². The smallest absolute Gasteiger partial charge is 0.161 e. The second kappa shape index (κ2) is 5.26. The second-order valence-corrected chi connectivity index (χ2v) is 7.66. The summed E-state index contributed by atoms with van der Waals surface area (Å²) in [5, 5.41) is 3.38. The van der Waals surface area contributed by atoms with E-state index in [4.69, 9.17) is 9.47 Å². The first-order valence-corrected chi connectivity index (χ1v) is 8.72. The predicted molar refractivity (Wildman–Crippen MR) is 76.0 cm³/mol. The Balaban J connectivity index is 1.90. The number of nitrogens with one attached hydrogen (secondary N) is 1. The Bertz CT molecular complexity index is 599. The van der Waals surface area contributed by atoms with Crippen LogP contribution in [-0.4, -0.2) is 39.2 Å². The van der Waals surface area contributed by atoms with Crippen LogP contribution in [0, 0.1) is 0 Å². The van der Waals surface area contributed by atoms with E-state index < -0.39 is 9.84 Å². The summed E-state index contributed by atoms with van der Waals surface area (Å²) in [5.41, 5.74) is 0.937. The SMILES string of the molecule is CC1CCS(=O)(=O)CC(c2ccc3c(c2)OCCO3)N1. The summed E-state index contributed by atoms with van der Waals surface area (Å²) in [6.07, 6.45) is 0.656. The van der Waals surface area contributed by atoms with Crippen LogP contribution < -0.4 is 14.8 Å². The highest BCUT2D eigenvalue weighted by atomic mass is 32.2. The van der Waals surface area contributed by atoms with Crippen molar-refractivity contribution < 1.29 is 17.9 Å². The van der Waals surface area contributed by atoms with Gasteiger partial charge < -0.3 is 14.8 Å². The minimum Gasteiger partial charge on any atom is -0.486 e. The van der Waals surface area contributed by atoms with E-state index in [9.17, 15) is 8.42 Å². The summed E-state index contributed by atoms with van der Waals surface area (Å²) in [6.45, 7) is 3.11. The van der Waals surface area contributed by atoms with Crippen LogP contribution >= 0.6 is 0 Å². The Hall–Kier alpha value is -1.27. The van der Waals surface area contributed by atoms with Gasteiger partial charge in [-0.05, 0) is 31.0 Å². The maximum Gasteiger partial charge on any atom is 0.161 e. The zero-order valence-electron chi connectivity index (χ0n) is 11.5. The molecule has 1 N–H and O–H groups in total. The van der Waals surface area contributed by atoms with Gasteiger partial charge in [-0.25, -0.2) is 8.42 Å². The Kier molecular flexibility index (Phi) is 3.60. The van der Waals surface area contributed by atoms with Crippen molar-refractivity contribution in [2.75, 3.05) is 24.7 Å². The molecule has 5 nitrogen and oxygen atoms in total. The number of benzene rings is 1. The van der Waals surface area contributed by atoms with Crippen LogP contribution in [-0.2, 0) is 9.84 Å². The maximum absolute atomic E-state index is 12.0. The van der Waals surface area contributed by atoms with Crippen molar-refractivity contribution in [2.45, 2.75) is 25.4 Å². The largest absolute Gasteiger partial charge is 0.486 e. The third-order valence-corrected chi connectivity index (χ3v) is 5.44. The van der Waals surface area contributed by atoms with Gasteiger partial charge in [-0.3, -0.25) is 0 Å². The molecule has 0 amide bonds. The molecule has 0 radical (unpaired) electrons. The van der Waals surface area contributed by atoms with Gasteiger partial charge in [0.05, 0.1) is 11.5 Å². The van der Waals surface area contributed by atoms with Crippen molar-refractivity contribution in [1.29, 1.82) is 0 Å². The number of hydrogen-bond acceptors (Lipinski definition) is 5. The monoisotopic (exact) mass is 297 g/mol. The quantitative estimate of drug-likeness (QED) is 0.846. The summed E-state index contributed by atoms with van der Waals surface area (Å²) >= 11 is 0. The van der Waals surface area contributed by atoms with E-state index >= 15 is 0 Å². The zero-order chi connectivity index (χ0) is 14.2. The van der Waals surface area contributed by atoms with E-state index in [2.05, 4.69) is 5.32 Å². The van der Waals surface area contributed by atoms with Crippen LogP contribution in [0.2, 0.25) is 0 Å². The Morgan fingerprint density at radius 2 is 1.95 bits per heavy atom. The lowest BCUT2D eigenvalue weighted by Gasteiger charge is -2.23. The van der Waals surface area contributed by atoms with E-state index in [0.717, 1.165) is 11.3 Å². The van der Waals surface area contributed by atoms with Crippen molar-refractivity contribution >= 4 is 9.84 Å². The molecule has 1 fully saturated rings. The van der Waals surface area contributed by atoms with Crippen molar-refractivity contribution in [3.63, 3.8) is 0 Å². The lowest BCUT2D eigenvalue weighted by atomic mass is 10.1. The van der Waals surface area contributed by atoms with Crippen LogP contribution in [0.5, 0.6) is 11.5 Å². The van der Waals surface area contributed by atoms with Gasteiger partial charge >= 0.3 is 0 Å².